The molecule has 2 aromatic carbocycles. The van der Waals surface area contributed by atoms with Gasteiger partial charge in [0.1, 0.15) is 0 Å². The highest BCUT2D eigenvalue weighted by atomic mass is 35.5. The van der Waals surface area contributed by atoms with Crippen LogP contribution in [-0.4, -0.2) is 43.0 Å². The Labute approximate surface area is 160 Å². The minimum Gasteiger partial charge on any atom is -0.368 e. The molecule has 5 heteroatoms. The van der Waals surface area contributed by atoms with E-state index in [1.165, 1.54) is 5.56 Å². The lowest BCUT2D eigenvalue weighted by molar-refractivity contribution is -0.126. The van der Waals surface area contributed by atoms with Gasteiger partial charge in [-0.05, 0) is 31.5 Å². The zero-order chi connectivity index (χ0) is 18.5. The Hall–Kier alpha value is -2.04. The number of rotatable bonds is 5. The molecule has 1 amide bonds. The van der Waals surface area contributed by atoms with Crippen LogP contribution >= 0.6 is 11.6 Å². The molecule has 0 saturated carbocycles. The van der Waals surface area contributed by atoms with Gasteiger partial charge in [0.25, 0.3) is 0 Å². The summed E-state index contributed by atoms with van der Waals surface area (Å²) >= 11 is 6.30. The summed E-state index contributed by atoms with van der Waals surface area (Å²) in [6.07, 6.45) is 0. The van der Waals surface area contributed by atoms with Crippen molar-refractivity contribution < 1.29 is 4.79 Å². The van der Waals surface area contributed by atoms with E-state index in [0.717, 1.165) is 42.5 Å². The maximum Gasteiger partial charge on any atom is 0.237 e. The van der Waals surface area contributed by atoms with Gasteiger partial charge in [-0.1, -0.05) is 53.6 Å². The first-order valence-corrected chi connectivity index (χ1v) is 9.49. The molecule has 0 aromatic heterocycles. The number of anilines is 1. The van der Waals surface area contributed by atoms with Gasteiger partial charge in [0.05, 0.1) is 16.8 Å². The second kappa shape index (κ2) is 8.56. The van der Waals surface area contributed by atoms with Crippen molar-refractivity contribution in [2.75, 3.05) is 31.1 Å². The fraction of sp³-hybridized carbons (Fsp3) is 0.381. The van der Waals surface area contributed by atoms with Crippen LogP contribution in [0.3, 0.4) is 0 Å². The molecule has 4 nitrogen and oxygen atoms in total. The second-order valence-electron chi connectivity index (χ2n) is 6.85. The number of benzene rings is 2. The Morgan fingerprint density at radius 2 is 1.73 bits per heavy atom. The van der Waals surface area contributed by atoms with Crippen LogP contribution in [0.5, 0.6) is 0 Å². The number of para-hydroxylation sites is 1. The molecule has 0 bridgehead atoms. The van der Waals surface area contributed by atoms with Crippen molar-refractivity contribution in [3.8, 4) is 0 Å². The SMILES string of the molecule is Cc1ccc(CNC(=O)[C@@H](C)N2CCN(c3ccccc3Cl)CC2)cc1. The molecular formula is C21H26ClN3O. The van der Waals surface area contributed by atoms with Gasteiger partial charge >= 0.3 is 0 Å². The molecule has 26 heavy (non-hydrogen) atoms. The van der Waals surface area contributed by atoms with Gasteiger partial charge in [-0.3, -0.25) is 9.69 Å². The zero-order valence-corrected chi connectivity index (χ0v) is 16.2. The quantitative estimate of drug-likeness (QED) is 0.874. The van der Waals surface area contributed by atoms with Crippen LogP contribution in [0.15, 0.2) is 48.5 Å². The van der Waals surface area contributed by atoms with Gasteiger partial charge in [0, 0.05) is 32.7 Å². The molecule has 1 aliphatic heterocycles. The summed E-state index contributed by atoms with van der Waals surface area (Å²) < 4.78 is 0. The summed E-state index contributed by atoms with van der Waals surface area (Å²) in [6.45, 7) is 8.07. The van der Waals surface area contributed by atoms with E-state index < -0.39 is 0 Å². The van der Waals surface area contributed by atoms with Crippen molar-refractivity contribution >= 4 is 23.2 Å². The first kappa shape index (κ1) is 18.7. The largest absolute Gasteiger partial charge is 0.368 e. The standard InChI is InChI=1S/C21H26ClN3O/c1-16-7-9-18(10-8-16)15-23-21(26)17(2)24-11-13-25(14-12-24)20-6-4-3-5-19(20)22/h3-10,17H,11-15H2,1-2H3,(H,23,26)/t17-/m1/s1. The van der Waals surface area contributed by atoms with Crippen LogP contribution in [0.25, 0.3) is 0 Å². The minimum atomic E-state index is -0.131. The third kappa shape index (κ3) is 4.57. The summed E-state index contributed by atoms with van der Waals surface area (Å²) in [5.74, 6) is 0.0803. The van der Waals surface area contributed by atoms with E-state index >= 15 is 0 Å². The van der Waals surface area contributed by atoms with Gasteiger partial charge in [-0.2, -0.15) is 0 Å². The third-order valence-corrected chi connectivity index (χ3v) is 5.34. The van der Waals surface area contributed by atoms with Gasteiger partial charge < -0.3 is 10.2 Å². The van der Waals surface area contributed by atoms with E-state index in [1.54, 1.807) is 0 Å². The summed E-state index contributed by atoms with van der Waals surface area (Å²) in [5, 5.41) is 3.83. The second-order valence-corrected chi connectivity index (χ2v) is 7.26. The normalized spacial score (nSPS) is 16.3. The summed E-state index contributed by atoms with van der Waals surface area (Å²) in [6, 6.07) is 16.1. The number of hydrogen-bond donors (Lipinski definition) is 1. The van der Waals surface area contributed by atoms with Gasteiger partial charge in [-0.15, -0.1) is 0 Å². The number of halogens is 1. The number of aryl methyl sites for hydroxylation is 1. The number of amides is 1. The van der Waals surface area contributed by atoms with Crippen LogP contribution in [-0.2, 0) is 11.3 Å². The molecule has 1 fully saturated rings. The van der Waals surface area contributed by atoms with Crippen LogP contribution in [0.4, 0.5) is 5.69 Å². The topological polar surface area (TPSA) is 35.6 Å². The molecule has 0 radical (unpaired) electrons. The van der Waals surface area contributed by atoms with Crippen molar-refractivity contribution in [2.45, 2.75) is 26.4 Å². The molecular weight excluding hydrogens is 346 g/mol. The van der Waals surface area contributed by atoms with Gasteiger partial charge in [-0.25, -0.2) is 0 Å². The van der Waals surface area contributed by atoms with Crippen LogP contribution in [0.2, 0.25) is 5.02 Å². The van der Waals surface area contributed by atoms with E-state index in [-0.39, 0.29) is 11.9 Å². The highest BCUT2D eigenvalue weighted by Gasteiger charge is 2.26. The maximum absolute atomic E-state index is 12.5. The number of nitrogens with one attached hydrogen (secondary N) is 1. The summed E-state index contributed by atoms with van der Waals surface area (Å²) in [4.78, 5) is 17.0. The third-order valence-electron chi connectivity index (χ3n) is 5.02. The van der Waals surface area contributed by atoms with E-state index in [4.69, 9.17) is 11.6 Å². The van der Waals surface area contributed by atoms with Crippen LogP contribution in [0, 0.1) is 6.92 Å². The Morgan fingerprint density at radius 3 is 2.38 bits per heavy atom. The maximum atomic E-state index is 12.5. The number of carbonyl (C=O) groups is 1. The van der Waals surface area contributed by atoms with Crippen molar-refractivity contribution in [1.82, 2.24) is 10.2 Å². The highest BCUT2D eigenvalue weighted by Crippen LogP contribution is 2.26. The lowest BCUT2D eigenvalue weighted by atomic mass is 10.1. The lowest BCUT2D eigenvalue weighted by Crippen LogP contribution is -2.53. The molecule has 1 aliphatic rings. The Balaban J connectivity index is 1.49. The average Bonchev–Trinajstić information content (AvgIpc) is 2.67. The molecule has 0 spiro atoms. The molecule has 3 rings (SSSR count). The number of hydrogen-bond acceptors (Lipinski definition) is 3. The van der Waals surface area contributed by atoms with E-state index in [0.29, 0.717) is 6.54 Å². The fourth-order valence-corrected chi connectivity index (χ4v) is 3.52. The first-order chi connectivity index (χ1) is 12.5. The molecule has 2 aromatic rings. The first-order valence-electron chi connectivity index (χ1n) is 9.11. The number of piperazine rings is 1. The average molecular weight is 372 g/mol. The predicted octanol–water partition coefficient (Wildman–Crippen LogP) is 3.48. The molecule has 1 atom stereocenters. The summed E-state index contributed by atoms with van der Waals surface area (Å²) in [7, 11) is 0. The molecule has 1 saturated heterocycles. The lowest BCUT2D eigenvalue weighted by Gasteiger charge is -2.38. The van der Waals surface area contributed by atoms with Crippen molar-refractivity contribution in [2.24, 2.45) is 0 Å². The van der Waals surface area contributed by atoms with E-state index in [2.05, 4.69) is 52.4 Å². The Bertz CT molecular complexity index is 739. The van der Waals surface area contributed by atoms with Crippen LogP contribution in [0.1, 0.15) is 18.1 Å². The number of nitrogens with zero attached hydrogens (tertiary/aromatic N) is 2. The van der Waals surface area contributed by atoms with Crippen molar-refractivity contribution in [1.29, 1.82) is 0 Å². The molecule has 0 unspecified atom stereocenters. The predicted molar refractivity (Wildman–Crippen MR) is 108 cm³/mol. The Morgan fingerprint density at radius 1 is 1.08 bits per heavy atom. The highest BCUT2D eigenvalue weighted by molar-refractivity contribution is 6.33. The summed E-state index contributed by atoms with van der Waals surface area (Å²) in [5.41, 5.74) is 3.43. The molecule has 0 aliphatic carbocycles. The number of carbonyl (C=O) groups excluding carboxylic acids is 1. The zero-order valence-electron chi connectivity index (χ0n) is 15.4. The Kier molecular flexibility index (Phi) is 6.17. The molecule has 1 N–H and O–H groups in total. The van der Waals surface area contributed by atoms with Crippen molar-refractivity contribution in [3.63, 3.8) is 0 Å². The van der Waals surface area contributed by atoms with Gasteiger partial charge in [0.2, 0.25) is 5.91 Å². The monoisotopic (exact) mass is 371 g/mol. The van der Waals surface area contributed by atoms with E-state index in [1.807, 2.05) is 25.1 Å². The molecule has 1 heterocycles. The minimum absolute atomic E-state index is 0.0803. The molecule has 138 valence electrons. The smallest absolute Gasteiger partial charge is 0.237 e. The fourth-order valence-electron chi connectivity index (χ4n) is 3.27. The van der Waals surface area contributed by atoms with Crippen molar-refractivity contribution in [3.05, 3.63) is 64.7 Å². The van der Waals surface area contributed by atoms with Crippen LogP contribution < -0.4 is 10.2 Å². The van der Waals surface area contributed by atoms with Gasteiger partial charge in [0.15, 0.2) is 0 Å². The van der Waals surface area contributed by atoms with E-state index in [9.17, 15) is 4.79 Å².